The van der Waals surface area contributed by atoms with Crippen LogP contribution < -0.4 is 0 Å². The Morgan fingerprint density at radius 3 is 2.44 bits per heavy atom. The van der Waals surface area contributed by atoms with Gasteiger partial charge in [-0.3, -0.25) is 4.79 Å². The van der Waals surface area contributed by atoms with Gasteiger partial charge in [-0.2, -0.15) is 0 Å². The molecular formula is C19H33NO5. The highest BCUT2D eigenvalue weighted by molar-refractivity contribution is 6.01. The maximum Gasteiger partial charge on any atom is 0.417 e. The molecule has 1 aliphatic heterocycles. The average molecular weight is 355 g/mol. The molecule has 0 N–H and O–H groups in total. The summed E-state index contributed by atoms with van der Waals surface area (Å²) in [5, 5.41) is 0. The summed E-state index contributed by atoms with van der Waals surface area (Å²) < 4.78 is 16.6. The first-order valence-electron chi connectivity index (χ1n) is 9.56. The van der Waals surface area contributed by atoms with Crippen molar-refractivity contribution in [1.82, 2.24) is 4.90 Å². The van der Waals surface area contributed by atoms with Gasteiger partial charge in [0.25, 0.3) is 5.91 Å². The molecular weight excluding hydrogens is 322 g/mol. The molecule has 2 aliphatic rings. The van der Waals surface area contributed by atoms with Crippen molar-refractivity contribution in [3.05, 3.63) is 0 Å². The van der Waals surface area contributed by atoms with Gasteiger partial charge < -0.3 is 14.2 Å². The minimum atomic E-state index is -0.628. The van der Waals surface area contributed by atoms with E-state index in [1.54, 1.807) is 27.7 Å². The summed E-state index contributed by atoms with van der Waals surface area (Å²) in [6.45, 7) is 9.59. The Balaban J connectivity index is 2.05. The molecule has 144 valence electrons. The van der Waals surface area contributed by atoms with E-state index in [9.17, 15) is 9.59 Å². The fraction of sp³-hybridized carbons (Fsp3) is 0.895. The minimum Gasteiger partial charge on any atom is -0.443 e. The highest BCUT2D eigenvalue weighted by atomic mass is 16.7. The van der Waals surface area contributed by atoms with Crippen molar-refractivity contribution in [3.63, 3.8) is 0 Å². The lowest BCUT2D eigenvalue weighted by molar-refractivity contribution is -0.212. The predicted octanol–water partition coefficient (Wildman–Crippen LogP) is 3.87. The van der Waals surface area contributed by atoms with Crippen LogP contribution in [-0.2, 0) is 19.0 Å². The van der Waals surface area contributed by atoms with Gasteiger partial charge in [0.05, 0.1) is 6.04 Å². The number of hydrogen-bond acceptors (Lipinski definition) is 5. The average Bonchev–Trinajstić information content (AvgIpc) is 2.52. The fourth-order valence-corrected chi connectivity index (χ4v) is 3.68. The monoisotopic (exact) mass is 355 g/mol. The van der Waals surface area contributed by atoms with E-state index in [1.807, 2.05) is 6.92 Å². The molecule has 0 bridgehead atoms. The van der Waals surface area contributed by atoms with Crippen LogP contribution in [0.5, 0.6) is 0 Å². The number of carbonyl (C=O) groups is 2. The van der Waals surface area contributed by atoms with E-state index in [1.165, 1.54) is 24.2 Å². The van der Waals surface area contributed by atoms with Crippen molar-refractivity contribution in [2.24, 2.45) is 5.92 Å². The summed E-state index contributed by atoms with van der Waals surface area (Å²) in [5.74, 6) is 0.215. The standard InChI is InChI=1S/C19H33NO5/c1-6-23-13(2)24-16-15(12-14-10-8-7-9-11-14)20(17(16)21)18(22)25-19(3,4)5/h13-16H,6-12H2,1-5H3/t13?,15-,16+/m0/s1. The number of amides is 2. The Labute approximate surface area is 151 Å². The number of rotatable bonds is 6. The number of nitrogens with zero attached hydrogens (tertiary/aromatic N) is 1. The molecule has 0 aromatic carbocycles. The number of β-lactam (4-membered cyclic amide) rings is 1. The lowest BCUT2D eigenvalue weighted by Crippen LogP contribution is -2.69. The van der Waals surface area contributed by atoms with Gasteiger partial charge in [-0.25, -0.2) is 9.69 Å². The second-order valence-electron chi connectivity index (χ2n) is 8.08. The third-order valence-electron chi connectivity index (χ3n) is 4.79. The molecule has 1 heterocycles. The minimum absolute atomic E-state index is 0.256. The van der Waals surface area contributed by atoms with E-state index >= 15 is 0 Å². The maximum absolute atomic E-state index is 12.5. The number of imide groups is 1. The second-order valence-corrected chi connectivity index (χ2v) is 8.08. The molecule has 1 saturated heterocycles. The van der Waals surface area contributed by atoms with Crippen LogP contribution in [-0.4, -0.2) is 47.5 Å². The Hall–Kier alpha value is -1.14. The molecule has 2 rings (SSSR count). The van der Waals surface area contributed by atoms with Crippen LogP contribution in [0.15, 0.2) is 0 Å². The van der Waals surface area contributed by atoms with Crippen LogP contribution in [0.1, 0.15) is 73.1 Å². The number of hydrogen-bond donors (Lipinski definition) is 0. The Morgan fingerprint density at radius 1 is 1.24 bits per heavy atom. The van der Waals surface area contributed by atoms with Gasteiger partial charge in [-0.05, 0) is 47.0 Å². The van der Waals surface area contributed by atoms with E-state index in [0.29, 0.717) is 12.5 Å². The molecule has 1 aliphatic carbocycles. The highest BCUT2D eigenvalue weighted by Gasteiger charge is 2.54. The molecule has 2 fully saturated rings. The first kappa shape index (κ1) is 20.2. The summed E-state index contributed by atoms with van der Waals surface area (Å²) in [6, 6.07) is -0.256. The molecule has 6 heteroatoms. The quantitative estimate of drug-likeness (QED) is 0.534. The van der Waals surface area contributed by atoms with Crippen molar-refractivity contribution in [2.75, 3.05) is 6.61 Å². The van der Waals surface area contributed by atoms with E-state index in [0.717, 1.165) is 19.3 Å². The van der Waals surface area contributed by atoms with Gasteiger partial charge >= 0.3 is 6.09 Å². The molecule has 0 spiro atoms. The third-order valence-corrected chi connectivity index (χ3v) is 4.79. The molecule has 2 amide bonds. The number of ether oxygens (including phenoxy) is 3. The van der Waals surface area contributed by atoms with Gasteiger partial charge in [0.15, 0.2) is 12.4 Å². The molecule has 1 unspecified atom stereocenters. The zero-order valence-corrected chi connectivity index (χ0v) is 16.2. The Morgan fingerprint density at radius 2 is 1.88 bits per heavy atom. The van der Waals surface area contributed by atoms with Crippen molar-refractivity contribution in [2.45, 2.75) is 97.2 Å². The van der Waals surface area contributed by atoms with Crippen molar-refractivity contribution in [1.29, 1.82) is 0 Å². The zero-order valence-electron chi connectivity index (χ0n) is 16.2. The smallest absolute Gasteiger partial charge is 0.417 e. The topological polar surface area (TPSA) is 65.1 Å². The summed E-state index contributed by atoms with van der Waals surface area (Å²) in [6.07, 6.45) is 5.16. The highest BCUT2D eigenvalue weighted by Crippen LogP contribution is 2.36. The first-order chi connectivity index (χ1) is 11.7. The zero-order chi connectivity index (χ0) is 18.6. The molecule has 1 saturated carbocycles. The van der Waals surface area contributed by atoms with E-state index in [-0.39, 0.29) is 11.9 Å². The molecule has 0 radical (unpaired) electrons. The van der Waals surface area contributed by atoms with Crippen LogP contribution in [0, 0.1) is 5.92 Å². The maximum atomic E-state index is 12.5. The third kappa shape index (κ3) is 5.42. The largest absolute Gasteiger partial charge is 0.443 e. The predicted molar refractivity (Wildman–Crippen MR) is 94.0 cm³/mol. The van der Waals surface area contributed by atoms with Gasteiger partial charge in [0.1, 0.15) is 5.60 Å². The summed E-state index contributed by atoms with van der Waals surface area (Å²) in [5.41, 5.74) is -0.628. The van der Waals surface area contributed by atoms with Gasteiger partial charge in [0, 0.05) is 6.61 Å². The molecule has 6 nitrogen and oxygen atoms in total. The summed E-state index contributed by atoms with van der Waals surface area (Å²) >= 11 is 0. The fourth-order valence-electron chi connectivity index (χ4n) is 3.68. The lowest BCUT2D eigenvalue weighted by atomic mass is 9.80. The Bertz CT molecular complexity index is 467. The molecule has 3 atom stereocenters. The number of likely N-dealkylation sites (tertiary alicyclic amines) is 1. The van der Waals surface area contributed by atoms with E-state index in [4.69, 9.17) is 14.2 Å². The van der Waals surface area contributed by atoms with Crippen LogP contribution in [0.2, 0.25) is 0 Å². The van der Waals surface area contributed by atoms with E-state index < -0.39 is 24.1 Å². The molecule has 25 heavy (non-hydrogen) atoms. The molecule has 0 aromatic heterocycles. The van der Waals surface area contributed by atoms with Crippen molar-refractivity contribution in [3.8, 4) is 0 Å². The number of carbonyl (C=O) groups excluding carboxylic acids is 2. The first-order valence-corrected chi connectivity index (χ1v) is 9.56. The second kappa shape index (κ2) is 8.49. The van der Waals surface area contributed by atoms with Crippen LogP contribution >= 0.6 is 0 Å². The van der Waals surface area contributed by atoms with Crippen LogP contribution in [0.4, 0.5) is 4.79 Å². The lowest BCUT2D eigenvalue weighted by Gasteiger charge is -2.47. The van der Waals surface area contributed by atoms with Gasteiger partial charge in [0.2, 0.25) is 0 Å². The SMILES string of the molecule is CCOC(C)O[C@H]1C(=O)N(C(=O)OC(C)(C)C)[C@H]1CC1CCCCC1. The Kier molecular flexibility index (Phi) is 6.86. The van der Waals surface area contributed by atoms with Gasteiger partial charge in [-0.15, -0.1) is 0 Å². The molecule has 0 aromatic rings. The van der Waals surface area contributed by atoms with Crippen LogP contribution in [0.25, 0.3) is 0 Å². The van der Waals surface area contributed by atoms with Crippen LogP contribution in [0.3, 0.4) is 0 Å². The summed E-state index contributed by atoms with van der Waals surface area (Å²) in [4.78, 5) is 26.2. The normalized spacial score (nSPS) is 26.3. The summed E-state index contributed by atoms with van der Waals surface area (Å²) in [7, 11) is 0. The van der Waals surface area contributed by atoms with Crippen molar-refractivity contribution >= 4 is 12.0 Å². The van der Waals surface area contributed by atoms with E-state index in [2.05, 4.69) is 0 Å². The van der Waals surface area contributed by atoms with Gasteiger partial charge in [-0.1, -0.05) is 32.1 Å². The van der Waals surface area contributed by atoms with Crippen molar-refractivity contribution < 1.29 is 23.8 Å².